The van der Waals surface area contributed by atoms with Gasteiger partial charge in [0.05, 0.1) is 0 Å². The first-order valence-electron chi connectivity index (χ1n) is 6.60. The van der Waals surface area contributed by atoms with Gasteiger partial charge in [0.2, 0.25) is 0 Å². The van der Waals surface area contributed by atoms with Crippen molar-refractivity contribution in [3.05, 3.63) is 70.4 Å². The smallest absolute Gasteiger partial charge is 0.195 e. The van der Waals surface area contributed by atoms with Crippen molar-refractivity contribution < 1.29 is 4.79 Å². The van der Waals surface area contributed by atoms with E-state index in [1.54, 1.807) is 30.5 Å². The number of aromatic nitrogens is 1. The van der Waals surface area contributed by atoms with E-state index in [2.05, 4.69) is 18.0 Å². The number of hydrogen-bond donors (Lipinski definition) is 1. The maximum atomic E-state index is 12.6. The third-order valence-electron chi connectivity index (χ3n) is 3.53. The molecule has 0 bridgehead atoms. The van der Waals surface area contributed by atoms with Gasteiger partial charge >= 0.3 is 0 Å². The van der Waals surface area contributed by atoms with Gasteiger partial charge in [-0.3, -0.25) is 4.79 Å². The topological polar surface area (TPSA) is 32.9 Å². The van der Waals surface area contributed by atoms with Crippen LogP contribution in [-0.2, 0) is 6.42 Å². The normalized spacial score (nSPS) is 10.9. The zero-order valence-electron chi connectivity index (χ0n) is 11.1. The van der Waals surface area contributed by atoms with Gasteiger partial charge in [0.1, 0.15) is 0 Å². The van der Waals surface area contributed by atoms with Gasteiger partial charge < -0.3 is 4.98 Å². The monoisotopic (exact) mass is 283 g/mol. The number of rotatable bonds is 3. The van der Waals surface area contributed by atoms with Crippen molar-refractivity contribution >= 4 is 28.3 Å². The van der Waals surface area contributed by atoms with Crippen LogP contribution >= 0.6 is 11.6 Å². The number of nitrogens with one attached hydrogen (secondary N) is 1. The molecule has 1 N–H and O–H groups in total. The summed E-state index contributed by atoms with van der Waals surface area (Å²) in [6.45, 7) is 2.11. The van der Waals surface area contributed by atoms with Gasteiger partial charge in [-0.25, -0.2) is 0 Å². The van der Waals surface area contributed by atoms with Crippen LogP contribution in [0.3, 0.4) is 0 Å². The molecular weight excluding hydrogens is 270 g/mol. The number of para-hydroxylation sites is 1. The highest BCUT2D eigenvalue weighted by Crippen LogP contribution is 2.24. The van der Waals surface area contributed by atoms with E-state index >= 15 is 0 Å². The molecule has 0 aliphatic rings. The first-order chi connectivity index (χ1) is 9.70. The lowest BCUT2D eigenvalue weighted by molar-refractivity contribution is 0.104. The SMILES string of the molecule is CCc1cccc2c(C(=O)c3ccc(Cl)cc3)c[nH]c12. The van der Waals surface area contributed by atoms with Gasteiger partial charge in [0, 0.05) is 33.2 Å². The maximum absolute atomic E-state index is 12.6. The Morgan fingerprint density at radius 2 is 1.90 bits per heavy atom. The van der Waals surface area contributed by atoms with Crippen LogP contribution in [0.4, 0.5) is 0 Å². The summed E-state index contributed by atoms with van der Waals surface area (Å²) in [6.07, 6.45) is 2.73. The fourth-order valence-corrected chi connectivity index (χ4v) is 2.58. The molecule has 0 spiro atoms. The number of ketones is 1. The van der Waals surface area contributed by atoms with E-state index in [0.29, 0.717) is 16.1 Å². The van der Waals surface area contributed by atoms with Crippen LogP contribution in [0.2, 0.25) is 5.02 Å². The Hall–Kier alpha value is -2.06. The Balaban J connectivity index is 2.10. The molecule has 1 heterocycles. The minimum atomic E-state index is 0.0150. The average Bonchev–Trinajstić information content (AvgIpc) is 2.91. The molecule has 0 aliphatic heterocycles. The first-order valence-corrected chi connectivity index (χ1v) is 6.97. The molecule has 0 unspecified atom stereocenters. The lowest BCUT2D eigenvalue weighted by atomic mass is 10.0. The lowest BCUT2D eigenvalue weighted by Crippen LogP contribution is -1.99. The Bertz CT molecular complexity index is 771. The minimum Gasteiger partial charge on any atom is -0.360 e. The molecule has 0 amide bonds. The molecule has 0 atom stereocenters. The van der Waals surface area contributed by atoms with E-state index < -0.39 is 0 Å². The molecule has 20 heavy (non-hydrogen) atoms. The van der Waals surface area contributed by atoms with Crippen LogP contribution in [0.5, 0.6) is 0 Å². The van der Waals surface area contributed by atoms with Gasteiger partial charge in [0.15, 0.2) is 5.78 Å². The van der Waals surface area contributed by atoms with Gasteiger partial charge in [-0.15, -0.1) is 0 Å². The summed E-state index contributed by atoms with van der Waals surface area (Å²) in [4.78, 5) is 15.8. The molecule has 0 fully saturated rings. The van der Waals surface area contributed by atoms with Crippen molar-refractivity contribution in [2.24, 2.45) is 0 Å². The van der Waals surface area contributed by atoms with E-state index in [1.807, 2.05) is 12.1 Å². The van der Waals surface area contributed by atoms with Crippen molar-refractivity contribution in [2.75, 3.05) is 0 Å². The molecular formula is C17H14ClNO. The Morgan fingerprint density at radius 1 is 1.15 bits per heavy atom. The van der Waals surface area contributed by atoms with Gasteiger partial charge in [-0.1, -0.05) is 36.7 Å². The average molecular weight is 284 g/mol. The number of carbonyl (C=O) groups is 1. The molecule has 3 aromatic rings. The van der Waals surface area contributed by atoms with Crippen molar-refractivity contribution in [2.45, 2.75) is 13.3 Å². The van der Waals surface area contributed by atoms with Crippen molar-refractivity contribution in [1.29, 1.82) is 0 Å². The molecule has 0 radical (unpaired) electrons. The highest BCUT2D eigenvalue weighted by molar-refractivity contribution is 6.30. The van der Waals surface area contributed by atoms with Crippen molar-refractivity contribution in [1.82, 2.24) is 4.98 Å². The van der Waals surface area contributed by atoms with Crippen LogP contribution < -0.4 is 0 Å². The second-order valence-corrected chi connectivity index (χ2v) is 5.17. The number of benzene rings is 2. The van der Waals surface area contributed by atoms with Crippen LogP contribution in [-0.4, -0.2) is 10.8 Å². The second-order valence-electron chi connectivity index (χ2n) is 4.73. The summed E-state index contributed by atoms with van der Waals surface area (Å²) >= 11 is 5.86. The molecule has 1 aromatic heterocycles. The zero-order valence-corrected chi connectivity index (χ0v) is 11.9. The Morgan fingerprint density at radius 3 is 2.60 bits per heavy atom. The van der Waals surface area contributed by atoms with Crippen LogP contribution in [0.25, 0.3) is 10.9 Å². The van der Waals surface area contributed by atoms with Crippen molar-refractivity contribution in [3.8, 4) is 0 Å². The summed E-state index contributed by atoms with van der Waals surface area (Å²) in [5.41, 5.74) is 3.62. The largest absolute Gasteiger partial charge is 0.360 e. The van der Waals surface area contributed by atoms with E-state index in [9.17, 15) is 4.79 Å². The number of carbonyl (C=O) groups excluding carboxylic acids is 1. The number of halogens is 1. The fourth-order valence-electron chi connectivity index (χ4n) is 2.46. The highest BCUT2D eigenvalue weighted by Gasteiger charge is 2.15. The molecule has 100 valence electrons. The number of H-pyrrole nitrogens is 1. The minimum absolute atomic E-state index is 0.0150. The molecule has 3 heteroatoms. The predicted octanol–water partition coefficient (Wildman–Crippen LogP) is 4.61. The predicted molar refractivity (Wildman–Crippen MR) is 82.6 cm³/mol. The highest BCUT2D eigenvalue weighted by atomic mass is 35.5. The van der Waals surface area contributed by atoms with E-state index in [-0.39, 0.29) is 5.78 Å². The van der Waals surface area contributed by atoms with Crippen LogP contribution in [0.15, 0.2) is 48.7 Å². The third-order valence-corrected chi connectivity index (χ3v) is 3.79. The van der Waals surface area contributed by atoms with E-state index in [0.717, 1.165) is 17.3 Å². The first kappa shape index (κ1) is 12.9. The molecule has 0 saturated carbocycles. The van der Waals surface area contributed by atoms with Gasteiger partial charge in [-0.05, 0) is 36.2 Å². The standard InChI is InChI=1S/C17H14ClNO/c1-2-11-4-3-5-14-15(10-19-16(11)14)17(20)12-6-8-13(18)9-7-12/h3-10,19H,2H2,1H3. The van der Waals surface area contributed by atoms with Gasteiger partial charge in [-0.2, -0.15) is 0 Å². The molecule has 0 saturated heterocycles. The number of aryl methyl sites for hydroxylation is 1. The molecule has 2 nitrogen and oxygen atoms in total. The Kier molecular flexibility index (Phi) is 3.33. The maximum Gasteiger partial charge on any atom is 0.195 e. The lowest BCUT2D eigenvalue weighted by Gasteiger charge is -2.02. The number of hydrogen-bond acceptors (Lipinski definition) is 1. The molecule has 0 aliphatic carbocycles. The van der Waals surface area contributed by atoms with E-state index in [1.165, 1.54) is 5.56 Å². The summed E-state index contributed by atoms with van der Waals surface area (Å²) in [6, 6.07) is 13.0. The third kappa shape index (κ3) is 2.12. The summed E-state index contributed by atoms with van der Waals surface area (Å²) in [7, 11) is 0. The molecule has 2 aromatic carbocycles. The van der Waals surface area contributed by atoms with E-state index in [4.69, 9.17) is 11.6 Å². The fraction of sp³-hybridized carbons (Fsp3) is 0.118. The summed E-state index contributed by atoms with van der Waals surface area (Å²) < 4.78 is 0. The second kappa shape index (κ2) is 5.14. The molecule has 3 rings (SSSR count). The Labute approximate surface area is 122 Å². The van der Waals surface area contributed by atoms with Gasteiger partial charge in [0.25, 0.3) is 0 Å². The number of fused-ring (bicyclic) bond motifs is 1. The quantitative estimate of drug-likeness (QED) is 0.699. The van der Waals surface area contributed by atoms with Crippen LogP contribution in [0, 0.1) is 0 Å². The van der Waals surface area contributed by atoms with Crippen molar-refractivity contribution in [3.63, 3.8) is 0 Å². The summed E-state index contributed by atoms with van der Waals surface area (Å²) in [5.74, 6) is 0.0150. The van der Waals surface area contributed by atoms with Crippen LogP contribution in [0.1, 0.15) is 28.4 Å². The zero-order chi connectivity index (χ0) is 14.1. The number of aromatic amines is 1. The summed E-state index contributed by atoms with van der Waals surface area (Å²) in [5, 5.41) is 1.61.